The summed E-state index contributed by atoms with van der Waals surface area (Å²) in [4.78, 5) is 23.9. The number of benzene rings is 2. The number of rotatable bonds is 9. The zero-order chi connectivity index (χ0) is 28.8. The molecular formula is C25H21F6N7O. The van der Waals surface area contributed by atoms with E-state index in [0.717, 1.165) is 24.3 Å². The molecule has 5 N–H and O–H groups in total. The van der Waals surface area contributed by atoms with Gasteiger partial charge < -0.3 is 21.7 Å². The van der Waals surface area contributed by atoms with Crippen molar-refractivity contribution in [3.8, 4) is 11.1 Å². The quantitative estimate of drug-likeness (QED) is 0.154. The van der Waals surface area contributed by atoms with E-state index < -0.39 is 29.4 Å². The van der Waals surface area contributed by atoms with Gasteiger partial charge in [0.25, 0.3) is 0 Å². The monoisotopic (exact) mass is 549 g/mol. The Morgan fingerprint density at radius 2 is 1.77 bits per heavy atom. The van der Waals surface area contributed by atoms with E-state index in [-0.39, 0.29) is 34.3 Å². The van der Waals surface area contributed by atoms with Gasteiger partial charge in [-0.1, -0.05) is 30.8 Å². The number of hydrogen-bond donors (Lipinski definition) is 4. The Morgan fingerprint density at radius 1 is 1.08 bits per heavy atom. The van der Waals surface area contributed by atoms with Crippen LogP contribution in [0.4, 0.5) is 49.5 Å². The van der Waals surface area contributed by atoms with Crippen molar-refractivity contribution in [1.29, 1.82) is 0 Å². The molecule has 8 nitrogen and oxygen atoms in total. The van der Waals surface area contributed by atoms with E-state index >= 15 is 0 Å². The number of alkyl halides is 5. The van der Waals surface area contributed by atoms with Gasteiger partial charge in [-0.25, -0.2) is 9.37 Å². The summed E-state index contributed by atoms with van der Waals surface area (Å²) in [7, 11) is 1.50. The van der Waals surface area contributed by atoms with Crippen molar-refractivity contribution in [2.45, 2.75) is 12.1 Å². The Labute approximate surface area is 218 Å². The van der Waals surface area contributed by atoms with Gasteiger partial charge in [-0.05, 0) is 29.8 Å². The van der Waals surface area contributed by atoms with Crippen LogP contribution in [0.15, 0.2) is 78.2 Å². The van der Waals surface area contributed by atoms with Crippen molar-refractivity contribution in [3.05, 3.63) is 84.6 Å². The number of aromatic nitrogens is 2. The van der Waals surface area contributed by atoms with Gasteiger partial charge in [0.1, 0.15) is 11.6 Å². The van der Waals surface area contributed by atoms with E-state index in [1.165, 1.54) is 37.8 Å². The molecule has 0 bridgehead atoms. The van der Waals surface area contributed by atoms with E-state index in [4.69, 9.17) is 5.73 Å². The summed E-state index contributed by atoms with van der Waals surface area (Å²) in [5.74, 6) is -6.45. The summed E-state index contributed by atoms with van der Waals surface area (Å²) in [6.45, 7) is 3.34. The van der Waals surface area contributed by atoms with E-state index in [9.17, 15) is 31.1 Å². The maximum absolute atomic E-state index is 14.7. The summed E-state index contributed by atoms with van der Waals surface area (Å²) < 4.78 is 80.5. The van der Waals surface area contributed by atoms with Crippen LogP contribution in [-0.2, 0) is 10.7 Å². The Kier molecular flexibility index (Phi) is 8.58. The molecule has 0 fully saturated rings. The number of nitrogens with zero attached hydrogens (tertiary/aromatic N) is 3. The summed E-state index contributed by atoms with van der Waals surface area (Å²) >= 11 is 0. The van der Waals surface area contributed by atoms with Crippen molar-refractivity contribution in [2.75, 3.05) is 23.0 Å². The fourth-order valence-electron chi connectivity index (χ4n) is 3.18. The van der Waals surface area contributed by atoms with Gasteiger partial charge in [-0.3, -0.25) is 9.79 Å². The number of carbonyl (C=O) groups excluding carboxylic acids is 1. The number of allylic oxidation sites excluding steroid dienone is 1. The van der Waals surface area contributed by atoms with Crippen molar-refractivity contribution in [3.63, 3.8) is 0 Å². The third-order valence-electron chi connectivity index (χ3n) is 5.08. The largest absolute Gasteiger partial charge is 0.458 e. The minimum atomic E-state index is -5.78. The molecule has 0 saturated carbocycles. The van der Waals surface area contributed by atoms with Gasteiger partial charge in [0.05, 0.1) is 11.4 Å². The maximum Gasteiger partial charge on any atom is 0.458 e. The highest BCUT2D eigenvalue weighted by molar-refractivity contribution is 5.99. The first kappa shape index (κ1) is 28.7. The van der Waals surface area contributed by atoms with E-state index in [1.807, 2.05) is 0 Å². The molecule has 1 heterocycles. The minimum Gasteiger partial charge on any atom is -0.403 e. The molecule has 204 valence electrons. The first-order chi connectivity index (χ1) is 18.4. The minimum absolute atomic E-state index is 0.0328. The fourth-order valence-corrected chi connectivity index (χ4v) is 3.18. The lowest BCUT2D eigenvalue weighted by molar-refractivity contribution is -0.289. The SMILES string of the molecule is C=CC(=O)Nc1ccc(F)c(Nc2nc(N/C(C=NC)=C/N)ncc2-c2ccc(C(F)(F)C(F)(F)F)cc2)c1. The molecule has 0 radical (unpaired) electrons. The number of nitrogens with two attached hydrogens (primary N) is 1. The lowest BCUT2D eigenvalue weighted by Crippen LogP contribution is -2.33. The molecule has 39 heavy (non-hydrogen) atoms. The Hall–Kier alpha value is -4.88. The summed E-state index contributed by atoms with van der Waals surface area (Å²) in [6, 6.07) is 6.93. The molecule has 0 unspecified atom stereocenters. The number of amides is 1. The molecule has 0 spiro atoms. The summed E-state index contributed by atoms with van der Waals surface area (Å²) in [6.07, 6.45) is -0.965. The number of carbonyl (C=O) groups is 1. The highest BCUT2D eigenvalue weighted by Gasteiger charge is 2.58. The molecule has 3 rings (SSSR count). The average Bonchev–Trinajstić information content (AvgIpc) is 2.90. The van der Waals surface area contributed by atoms with Crippen LogP contribution in [0.25, 0.3) is 11.1 Å². The number of hydrogen-bond acceptors (Lipinski definition) is 7. The molecule has 0 aliphatic carbocycles. The molecule has 0 saturated heterocycles. The number of nitrogens with one attached hydrogen (secondary N) is 3. The van der Waals surface area contributed by atoms with E-state index in [1.54, 1.807) is 0 Å². The second-order valence-corrected chi connectivity index (χ2v) is 7.75. The van der Waals surface area contributed by atoms with Crippen molar-refractivity contribution >= 4 is 35.3 Å². The highest BCUT2D eigenvalue weighted by atomic mass is 19.4. The normalized spacial score (nSPS) is 12.3. The zero-order valence-electron chi connectivity index (χ0n) is 20.2. The lowest BCUT2D eigenvalue weighted by atomic mass is 10.0. The van der Waals surface area contributed by atoms with Crippen LogP contribution in [0.2, 0.25) is 0 Å². The van der Waals surface area contributed by atoms with Crippen molar-refractivity contribution in [1.82, 2.24) is 9.97 Å². The van der Waals surface area contributed by atoms with Crippen molar-refractivity contribution < 1.29 is 31.1 Å². The average molecular weight is 549 g/mol. The molecule has 1 aromatic heterocycles. The zero-order valence-corrected chi connectivity index (χ0v) is 20.2. The van der Waals surface area contributed by atoms with Gasteiger partial charge >= 0.3 is 12.1 Å². The molecule has 3 aromatic rings. The first-order valence-corrected chi connectivity index (χ1v) is 10.9. The molecule has 2 aromatic carbocycles. The van der Waals surface area contributed by atoms with Gasteiger partial charge in [-0.15, -0.1) is 0 Å². The van der Waals surface area contributed by atoms with E-state index in [2.05, 4.69) is 37.5 Å². The smallest absolute Gasteiger partial charge is 0.403 e. The lowest BCUT2D eigenvalue weighted by Gasteiger charge is -2.20. The molecule has 0 atom stereocenters. The van der Waals surface area contributed by atoms with Crippen LogP contribution in [0, 0.1) is 5.82 Å². The second kappa shape index (κ2) is 11.7. The van der Waals surface area contributed by atoms with Crippen molar-refractivity contribution in [2.24, 2.45) is 10.7 Å². The predicted molar refractivity (Wildman–Crippen MR) is 136 cm³/mol. The Balaban J connectivity index is 2.08. The highest BCUT2D eigenvalue weighted by Crippen LogP contribution is 2.44. The van der Waals surface area contributed by atoms with Crippen LogP contribution in [-0.4, -0.2) is 35.3 Å². The number of aliphatic imine (C=N–C) groups is 1. The number of anilines is 4. The van der Waals surface area contributed by atoms with Gasteiger partial charge in [0.15, 0.2) is 0 Å². The van der Waals surface area contributed by atoms with Crippen LogP contribution in [0.5, 0.6) is 0 Å². The molecule has 0 aliphatic rings. The standard InChI is InChI=1S/C25H21F6N7O/c1-3-21(39)35-16-8-9-19(26)20(10-16)37-22-18(13-34-23(38-22)36-17(11-32)12-33-2)14-4-6-15(7-5-14)24(27,28)25(29,30)31/h3-13H,1,32H2,2H3,(H,35,39)(H2,34,36,37,38)/b17-11+,33-12?. The van der Waals surface area contributed by atoms with Gasteiger partial charge in [-0.2, -0.15) is 26.9 Å². The third-order valence-corrected chi connectivity index (χ3v) is 5.08. The second-order valence-electron chi connectivity index (χ2n) is 7.75. The fraction of sp³-hybridized carbons (Fsp3) is 0.120. The molecule has 0 aliphatic heterocycles. The van der Waals surface area contributed by atoms with Crippen LogP contribution < -0.4 is 21.7 Å². The predicted octanol–water partition coefficient (Wildman–Crippen LogP) is 5.72. The first-order valence-electron chi connectivity index (χ1n) is 10.9. The molecule has 1 amide bonds. The van der Waals surface area contributed by atoms with E-state index in [0.29, 0.717) is 17.8 Å². The molecule has 14 heteroatoms. The van der Waals surface area contributed by atoms with Crippen LogP contribution >= 0.6 is 0 Å². The number of halogens is 6. The third kappa shape index (κ3) is 6.71. The summed E-state index contributed by atoms with van der Waals surface area (Å²) in [5.41, 5.74) is 4.92. The van der Waals surface area contributed by atoms with Gasteiger partial charge in [0, 0.05) is 42.5 Å². The Morgan fingerprint density at radius 3 is 2.36 bits per heavy atom. The summed E-state index contributed by atoms with van der Waals surface area (Å²) in [5, 5.41) is 8.00. The van der Waals surface area contributed by atoms with Crippen LogP contribution in [0.3, 0.4) is 0 Å². The molecular weight excluding hydrogens is 528 g/mol. The Bertz CT molecular complexity index is 1420. The van der Waals surface area contributed by atoms with Gasteiger partial charge in [0.2, 0.25) is 11.9 Å². The maximum atomic E-state index is 14.7. The van der Waals surface area contributed by atoms with Crippen LogP contribution in [0.1, 0.15) is 5.56 Å². The topological polar surface area (TPSA) is 117 Å².